The molecule has 0 amide bonds. The molecule has 0 N–H and O–H groups in total. The van der Waals surface area contributed by atoms with Gasteiger partial charge in [-0.1, -0.05) is 11.6 Å². The fourth-order valence-electron chi connectivity index (χ4n) is 0.849. The average molecular weight is 295 g/mol. The predicted octanol–water partition coefficient (Wildman–Crippen LogP) is 3.46. The average Bonchev–Trinajstić information content (AvgIpc) is 1.99. The van der Waals surface area contributed by atoms with Crippen molar-refractivity contribution in [2.45, 2.75) is 13.8 Å². The Labute approximate surface area is 90.3 Å². The molecule has 0 unspecified atom stereocenters. The van der Waals surface area contributed by atoms with Gasteiger partial charge in [0.25, 0.3) is 0 Å². The van der Waals surface area contributed by atoms with Crippen molar-refractivity contribution in [2.24, 2.45) is 0 Å². The van der Waals surface area contributed by atoms with Crippen molar-refractivity contribution in [3.8, 4) is 0 Å². The van der Waals surface area contributed by atoms with Gasteiger partial charge in [0.1, 0.15) is 0 Å². The number of carbonyl (C=O) groups excluding carboxylic acids is 1. The molecule has 1 aromatic carbocycles. The number of ketones is 1. The molecular weight excluding hydrogens is 286 g/mol. The largest absolute Gasteiger partial charge is 0.295 e. The Balaban J connectivity index is 3.31. The van der Waals surface area contributed by atoms with Crippen LogP contribution < -0.4 is 0 Å². The van der Waals surface area contributed by atoms with E-state index >= 15 is 0 Å². The molecule has 0 saturated carbocycles. The van der Waals surface area contributed by atoms with Crippen LogP contribution in [0.3, 0.4) is 0 Å². The Morgan fingerprint density at radius 3 is 2.50 bits per heavy atom. The molecule has 3 heteroatoms. The molecule has 0 saturated heterocycles. The molecule has 0 radical (unpaired) electrons. The van der Waals surface area contributed by atoms with Gasteiger partial charge in [0.15, 0.2) is 5.78 Å². The lowest BCUT2D eigenvalue weighted by molar-refractivity contribution is 0.101. The fraction of sp³-hybridized carbons (Fsp3) is 0.222. The van der Waals surface area contributed by atoms with Crippen LogP contribution in [0.2, 0.25) is 5.02 Å². The lowest BCUT2D eigenvalue weighted by Crippen LogP contribution is -1.94. The maximum Gasteiger partial charge on any atom is 0.159 e. The first-order chi connectivity index (χ1) is 5.52. The van der Waals surface area contributed by atoms with Gasteiger partial charge in [-0.05, 0) is 54.1 Å². The molecule has 0 aliphatic heterocycles. The van der Waals surface area contributed by atoms with E-state index in [0.29, 0.717) is 10.6 Å². The lowest BCUT2D eigenvalue weighted by Gasteiger charge is -2.03. The van der Waals surface area contributed by atoms with Crippen LogP contribution in [0.4, 0.5) is 0 Å². The Bertz CT molecular complexity index is 310. The molecule has 0 atom stereocenters. The smallest absolute Gasteiger partial charge is 0.159 e. The number of hydrogen-bond acceptors (Lipinski definition) is 1. The Kier molecular flexibility index (Phi) is 3.12. The van der Waals surface area contributed by atoms with Gasteiger partial charge < -0.3 is 0 Å². The molecule has 0 aromatic heterocycles. The van der Waals surface area contributed by atoms with Gasteiger partial charge in [-0.3, -0.25) is 4.79 Å². The zero-order valence-corrected chi connectivity index (χ0v) is 9.73. The molecular formula is C9H8ClIO. The summed E-state index contributed by atoms with van der Waals surface area (Å²) < 4.78 is 1.03. The predicted molar refractivity (Wildman–Crippen MR) is 58.9 cm³/mol. The van der Waals surface area contributed by atoms with E-state index in [1.54, 1.807) is 6.07 Å². The van der Waals surface area contributed by atoms with Crippen LogP contribution in [0.15, 0.2) is 12.1 Å². The zero-order valence-electron chi connectivity index (χ0n) is 6.82. The number of Topliss-reactive ketones (excluding diaryl/α,β-unsaturated/α-hetero) is 1. The van der Waals surface area contributed by atoms with E-state index in [9.17, 15) is 4.79 Å². The van der Waals surface area contributed by atoms with Crippen molar-refractivity contribution in [1.82, 2.24) is 0 Å². The SMILES string of the molecule is CC(=O)c1cc(Cl)c(C)c(I)c1. The lowest BCUT2D eigenvalue weighted by atomic mass is 10.1. The fourth-order valence-corrected chi connectivity index (χ4v) is 1.85. The summed E-state index contributed by atoms with van der Waals surface area (Å²) in [6.45, 7) is 3.48. The summed E-state index contributed by atoms with van der Waals surface area (Å²) in [5.41, 5.74) is 1.71. The molecule has 0 bridgehead atoms. The second-order valence-corrected chi connectivity index (χ2v) is 4.19. The summed E-state index contributed by atoms with van der Waals surface area (Å²) in [7, 11) is 0. The van der Waals surface area contributed by atoms with Crippen molar-refractivity contribution in [3.63, 3.8) is 0 Å². The third-order valence-corrected chi connectivity index (χ3v) is 3.20. The normalized spacial score (nSPS) is 10.0. The highest BCUT2D eigenvalue weighted by Gasteiger charge is 2.05. The first kappa shape index (κ1) is 9.99. The van der Waals surface area contributed by atoms with Gasteiger partial charge in [0, 0.05) is 14.2 Å². The van der Waals surface area contributed by atoms with Gasteiger partial charge in [0.2, 0.25) is 0 Å². The second-order valence-electron chi connectivity index (χ2n) is 2.62. The third-order valence-electron chi connectivity index (χ3n) is 1.69. The molecule has 0 fully saturated rings. The molecule has 64 valence electrons. The van der Waals surface area contributed by atoms with E-state index in [-0.39, 0.29) is 5.78 Å². The van der Waals surface area contributed by atoms with E-state index < -0.39 is 0 Å². The van der Waals surface area contributed by atoms with Crippen LogP contribution in [-0.2, 0) is 0 Å². The summed E-state index contributed by atoms with van der Waals surface area (Å²) in [6, 6.07) is 3.56. The summed E-state index contributed by atoms with van der Waals surface area (Å²) in [4.78, 5) is 11.0. The highest BCUT2D eigenvalue weighted by atomic mass is 127. The maximum atomic E-state index is 11.0. The molecule has 1 nitrogen and oxygen atoms in total. The van der Waals surface area contributed by atoms with Gasteiger partial charge in [-0.25, -0.2) is 0 Å². The Hall–Kier alpha value is -0.0900. The van der Waals surface area contributed by atoms with Crippen LogP contribution in [0, 0.1) is 10.5 Å². The topological polar surface area (TPSA) is 17.1 Å². The minimum absolute atomic E-state index is 0.0508. The van der Waals surface area contributed by atoms with Crippen molar-refractivity contribution >= 4 is 40.0 Å². The highest BCUT2D eigenvalue weighted by Crippen LogP contribution is 2.23. The summed E-state index contributed by atoms with van der Waals surface area (Å²) in [6.07, 6.45) is 0. The van der Waals surface area contributed by atoms with Crippen LogP contribution in [0.5, 0.6) is 0 Å². The molecule has 0 spiro atoms. The van der Waals surface area contributed by atoms with Crippen LogP contribution in [0.1, 0.15) is 22.8 Å². The number of hydrogen-bond donors (Lipinski definition) is 0. The van der Waals surface area contributed by atoms with Crippen molar-refractivity contribution in [1.29, 1.82) is 0 Å². The van der Waals surface area contributed by atoms with Gasteiger partial charge in [-0.2, -0.15) is 0 Å². The number of halogens is 2. The van der Waals surface area contributed by atoms with E-state index in [1.807, 2.05) is 13.0 Å². The first-order valence-electron chi connectivity index (χ1n) is 3.49. The molecule has 1 rings (SSSR count). The van der Waals surface area contributed by atoms with Crippen LogP contribution in [-0.4, -0.2) is 5.78 Å². The minimum Gasteiger partial charge on any atom is -0.295 e. The monoisotopic (exact) mass is 294 g/mol. The second kappa shape index (κ2) is 3.75. The Morgan fingerprint density at radius 1 is 1.50 bits per heavy atom. The number of rotatable bonds is 1. The first-order valence-corrected chi connectivity index (χ1v) is 4.94. The van der Waals surface area contributed by atoms with E-state index in [4.69, 9.17) is 11.6 Å². The third kappa shape index (κ3) is 1.98. The van der Waals surface area contributed by atoms with Crippen molar-refractivity contribution in [3.05, 3.63) is 31.9 Å². The molecule has 0 heterocycles. The summed E-state index contributed by atoms with van der Waals surface area (Å²) in [5, 5.41) is 0.659. The quantitative estimate of drug-likeness (QED) is 0.573. The van der Waals surface area contributed by atoms with Gasteiger partial charge in [-0.15, -0.1) is 0 Å². The number of carbonyl (C=O) groups is 1. The van der Waals surface area contributed by atoms with Gasteiger partial charge >= 0.3 is 0 Å². The van der Waals surface area contributed by atoms with Gasteiger partial charge in [0.05, 0.1) is 0 Å². The Morgan fingerprint density at radius 2 is 2.08 bits per heavy atom. The van der Waals surface area contributed by atoms with E-state index in [1.165, 1.54) is 6.92 Å². The van der Waals surface area contributed by atoms with E-state index in [0.717, 1.165) is 9.13 Å². The maximum absolute atomic E-state index is 11.0. The number of benzene rings is 1. The highest BCUT2D eigenvalue weighted by molar-refractivity contribution is 14.1. The van der Waals surface area contributed by atoms with E-state index in [2.05, 4.69) is 22.6 Å². The minimum atomic E-state index is 0.0508. The van der Waals surface area contributed by atoms with Crippen molar-refractivity contribution < 1.29 is 4.79 Å². The molecule has 1 aromatic rings. The van der Waals surface area contributed by atoms with Crippen molar-refractivity contribution in [2.75, 3.05) is 0 Å². The zero-order chi connectivity index (χ0) is 9.30. The van der Waals surface area contributed by atoms with Crippen LogP contribution >= 0.6 is 34.2 Å². The molecule has 0 aliphatic rings. The van der Waals surface area contributed by atoms with Crippen LogP contribution in [0.25, 0.3) is 0 Å². The standard InChI is InChI=1S/C9H8ClIO/c1-5-8(10)3-7(6(2)12)4-9(5)11/h3-4H,1-2H3. The summed E-state index contributed by atoms with van der Waals surface area (Å²) in [5.74, 6) is 0.0508. The molecule has 12 heavy (non-hydrogen) atoms. The molecule has 0 aliphatic carbocycles. The summed E-state index contributed by atoms with van der Waals surface area (Å²) >= 11 is 8.08.